The highest BCUT2D eigenvalue weighted by Crippen LogP contribution is 2.26. The van der Waals surface area contributed by atoms with Crippen LogP contribution in [0.1, 0.15) is 12.8 Å². The van der Waals surface area contributed by atoms with E-state index in [1.54, 1.807) is 6.92 Å². The molecule has 0 amide bonds. The zero-order chi connectivity index (χ0) is 15.3. The van der Waals surface area contributed by atoms with E-state index < -0.39 is 9.84 Å². The lowest BCUT2D eigenvalue weighted by Gasteiger charge is -2.02. The van der Waals surface area contributed by atoms with Crippen LogP contribution in [0.25, 0.3) is 11.5 Å². The number of benzene rings is 1. The Balaban J connectivity index is 1.91. The number of halogens is 1. The molecule has 0 aliphatic heterocycles. The largest absolute Gasteiger partial charge is 0.419 e. The van der Waals surface area contributed by atoms with Crippen molar-refractivity contribution in [2.24, 2.45) is 0 Å². The molecule has 2 rings (SSSR count). The third-order valence-corrected chi connectivity index (χ3v) is 5.27. The first kappa shape index (κ1) is 16.1. The smallest absolute Gasteiger partial charge is 0.248 e. The second kappa shape index (κ2) is 7.15. The molecule has 0 saturated carbocycles. The van der Waals surface area contributed by atoms with Crippen molar-refractivity contribution in [3.8, 4) is 11.5 Å². The van der Waals surface area contributed by atoms with Crippen LogP contribution < -0.4 is 5.32 Å². The summed E-state index contributed by atoms with van der Waals surface area (Å²) in [6, 6.07) is 7.56. The maximum Gasteiger partial charge on any atom is 0.248 e. The van der Waals surface area contributed by atoms with Crippen molar-refractivity contribution < 1.29 is 12.8 Å². The van der Waals surface area contributed by atoms with Gasteiger partial charge in [-0.05, 0) is 28.1 Å². The molecule has 0 bridgehead atoms. The highest BCUT2D eigenvalue weighted by molar-refractivity contribution is 9.10. The van der Waals surface area contributed by atoms with E-state index in [2.05, 4.69) is 31.4 Å². The van der Waals surface area contributed by atoms with E-state index in [1.807, 2.05) is 24.3 Å². The number of hydrogen-bond donors (Lipinski definition) is 1. The predicted molar refractivity (Wildman–Crippen MR) is 83.5 cm³/mol. The SMILES string of the molecule is CCS(=O)(=O)CCNCc1nnc(-c2ccccc2Br)o1. The minimum Gasteiger partial charge on any atom is -0.419 e. The fourth-order valence-corrected chi connectivity index (χ4v) is 2.83. The van der Waals surface area contributed by atoms with Crippen molar-refractivity contribution in [3.63, 3.8) is 0 Å². The second-order valence-electron chi connectivity index (χ2n) is 4.39. The summed E-state index contributed by atoms with van der Waals surface area (Å²) in [5, 5.41) is 10.9. The molecule has 1 aromatic heterocycles. The summed E-state index contributed by atoms with van der Waals surface area (Å²) in [6.07, 6.45) is 0. The summed E-state index contributed by atoms with van der Waals surface area (Å²) in [5.74, 6) is 1.12. The molecule has 0 fully saturated rings. The molecule has 0 saturated heterocycles. The van der Waals surface area contributed by atoms with Gasteiger partial charge in [0.1, 0.15) is 0 Å². The van der Waals surface area contributed by atoms with Crippen molar-refractivity contribution >= 4 is 25.8 Å². The fourth-order valence-electron chi connectivity index (χ4n) is 1.64. The van der Waals surface area contributed by atoms with Gasteiger partial charge in [0, 0.05) is 16.8 Å². The Bertz CT molecular complexity index is 700. The minimum absolute atomic E-state index is 0.106. The van der Waals surface area contributed by atoms with Crippen molar-refractivity contribution in [2.45, 2.75) is 13.5 Å². The molecule has 0 spiro atoms. The predicted octanol–water partition coefficient (Wildman–Crippen LogP) is 2.02. The molecule has 0 radical (unpaired) electrons. The molecule has 6 nitrogen and oxygen atoms in total. The van der Waals surface area contributed by atoms with Crippen molar-refractivity contribution in [1.29, 1.82) is 0 Å². The molecule has 1 aromatic carbocycles. The Morgan fingerprint density at radius 2 is 2.05 bits per heavy atom. The molecule has 2 aromatic rings. The maximum atomic E-state index is 11.3. The number of sulfone groups is 1. The Labute approximate surface area is 132 Å². The molecule has 1 N–H and O–H groups in total. The minimum atomic E-state index is -2.95. The van der Waals surface area contributed by atoms with E-state index in [9.17, 15) is 8.42 Å². The van der Waals surface area contributed by atoms with Crippen molar-refractivity contribution in [2.75, 3.05) is 18.1 Å². The van der Waals surface area contributed by atoms with Gasteiger partial charge in [-0.25, -0.2) is 8.42 Å². The zero-order valence-corrected chi connectivity index (χ0v) is 13.9. The van der Waals surface area contributed by atoms with E-state index in [4.69, 9.17) is 4.42 Å². The Hall–Kier alpha value is -1.25. The van der Waals surface area contributed by atoms with Gasteiger partial charge in [-0.2, -0.15) is 0 Å². The van der Waals surface area contributed by atoms with Crippen LogP contribution in [0.15, 0.2) is 33.2 Å². The van der Waals surface area contributed by atoms with E-state index in [-0.39, 0.29) is 11.5 Å². The van der Waals surface area contributed by atoms with Crippen LogP contribution in [0.2, 0.25) is 0 Å². The molecule has 0 atom stereocenters. The lowest BCUT2D eigenvalue weighted by Crippen LogP contribution is -2.23. The van der Waals surface area contributed by atoms with Gasteiger partial charge in [0.15, 0.2) is 9.84 Å². The summed E-state index contributed by atoms with van der Waals surface area (Å²) in [7, 11) is -2.95. The molecular weight excluding hydrogens is 358 g/mol. The zero-order valence-electron chi connectivity index (χ0n) is 11.5. The van der Waals surface area contributed by atoms with E-state index in [1.165, 1.54) is 0 Å². The highest BCUT2D eigenvalue weighted by atomic mass is 79.9. The molecule has 0 aliphatic carbocycles. The van der Waals surface area contributed by atoms with Crippen LogP contribution in [-0.4, -0.2) is 36.7 Å². The van der Waals surface area contributed by atoms with Crippen LogP contribution in [-0.2, 0) is 16.4 Å². The summed E-state index contributed by atoms with van der Waals surface area (Å²) in [5.41, 5.74) is 0.824. The molecular formula is C13H16BrN3O3S. The number of nitrogens with one attached hydrogen (secondary N) is 1. The van der Waals surface area contributed by atoms with Crippen LogP contribution in [0.5, 0.6) is 0 Å². The molecule has 1 heterocycles. The van der Waals surface area contributed by atoms with Gasteiger partial charge >= 0.3 is 0 Å². The van der Waals surface area contributed by atoms with E-state index in [0.717, 1.165) is 10.0 Å². The highest BCUT2D eigenvalue weighted by Gasteiger charge is 2.11. The average molecular weight is 374 g/mol. The monoisotopic (exact) mass is 373 g/mol. The van der Waals surface area contributed by atoms with Crippen LogP contribution in [0.4, 0.5) is 0 Å². The van der Waals surface area contributed by atoms with E-state index >= 15 is 0 Å². The second-order valence-corrected chi connectivity index (χ2v) is 7.72. The number of aromatic nitrogens is 2. The van der Waals surface area contributed by atoms with Crippen LogP contribution in [0, 0.1) is 0 Å². The average Bonchev–Trinajstić information content (AvgIpc) is 2.93. The van der Waals surface area contributed by atoms with Crippen LogP contribution in [0.3, 0.4) is 0 Å². The van der Waals surface area contributed by atoms with Gasteiger partial charge in [0.05, 0.1) is 17.9 Å². The quantitative estimate of drug-likeness (QED) is 0.747. The lowest BCUT2D eigenvalue weighted by atomic mass is 10.2. The standard InChI is InChI=1S/C13H16BrN3O3S/c1-2-21(18,19)8-7-15-9-12-16-17-13(20-12)10-5-3-4-6-11(10)14/h3-6,15H,2,7-9H2,1H3. The Morgan fingerprint density at radius 3 is 2.76 bits per heavy atom. The van der Waals surface area contributed by atoms with E-state index in [0.29, 0.717) is 24.9 Å². The molecule has 0 aliphatic rings. The molecule has 21 heavy (non-hydrogen) atoms. The molecule has 114 valence electrons. The maximum absolute atomic E-state index is 11.3. The first-order valence-electron chi connectivity index (χ1n) is 6.50. The van der Waals surface area contributed by atoms with Crippen LogP contribution >= 0.6 is 15.9 Å². The molecule has 0 unspecified atom stereocenters. The molecule has 8 heteroatoms. The number of hydrogen-bond acceptors (Lipinski definition) is 6. The van der Waals surface area contributed by atoms with Crippen molar-refractivity contribution in [1.82, 2.24) is 15.5 Å². The summed E-state index contributed by atoms with van der Waals surface area (Å²) >= 11 is 3.43. The fraction of sp³-hybridized carbons (Fsp3) is 0.385. The van der Waals surface area contributed by atoms with Crippen molar-refractivity contribution in [3.05, 3.63) is 34.6 Å². The van der Waals surface area contributed by atoms with Gasteiger partial charge in [-0.3, -0.25) is 0 Å². The van der Waals surface area contributed by atoms with Gasteiger partial charge < -0.3 is 9.73 Å². The third kappa shape index (κ3) is 4.62. The Morgan fingerprint density at radius 1 is 1.29 bits per heavy atom. The van der Waals surface area contributed by atoms with Gasteiger partial charge in [0.25, 0.3) is 0 Å². The topological polar surface area (TPSA) is 85.1 Å². The Kier molecular flexibility index (Phi) is 5.49. The first-order valence-corrected chi connectivity index (χ1v) is 9.11. The summed E-state index contributed by atoms with van der Waals surface area (Å²) in [6.45, 7) is 2.34. The van der Waals surface area contributed by atoms with Gasteiger partial charge in [-0.1, -0.05) is 19.1 Å². The normalized spacial score (nSPS) is 11.7. The number of nitrogens with zero attached hydrogens (tertiary/aromatic N) is 2. The first-order chi connectivity index (χ1) is 10.0. The van der Waals surface area contributed by atoms with Gasteiger partial charge in [-0.15, -0.1) is 10.2 Å². The van der Waals surface area contributed by atoms with Gasteiger partial charge in [0.2, 0.25) is 11.8 Å². The number of rotatable bonds is 7. The lowest BCUT2D eigenvalue weighted by molar-refractivity contribution is 0.481. The third-order valence-electron chi connectivity index (χ3n) is 2.88. The summed E-state index contributed by atoms with van der Waals surface area (Å²) in [4.78, 5) is 0. The summed E-state index contributed by atoms with van der Waals surface area (Å²) < 4.78 is 29.1.